The number of hydrogen-bond acceptors (Lipinski definition) is 4. The minimum Gasteiger partial charge on any atom is -0.483 e. The normalized spacial score (nSPS) is 9.79. The third kappa shape index (κ3) is 4.43. The van der Waals surface area contributed by atoms with E-state index in [1.807, 2.05) is 0 Å². The van der Waals surface area contributed by atoms with E-state index in [-0.39, 0.29) is 11.4 Å². The molecule has 1 rings (SSSR count). The quantitative estimate of drug-likeness (QED) is 0.353. The Bertz CT molecular complexity index is 400. The Kier molecular flexibility index (Phi) is 4.60. The van der Waals surface area contributed by atoms with Gasteiger partial charge in [0.1, 0.15) is 0 Å². The van der Waals surface area contributed by atoms with Gasteiger partial charge in [-0.3, -0.25) is 9.35 Å². The summed E-state index contributed by atoms with van der Waals surface area (Å²) in [5, 5.41) is 6.89. The second kappa shape index (κ2) is 5.20. The van der Waals surface area contributed by atoms with Crippen LogP contribution in [0.4, 0.5) is 5.69 Å². The van der Waals surface area contributed by atoms with E-state index in [1.54, 1.807) is 0 Å². The van der Waals surface area contributed by atoms with Crippen LogP contribution in [-0.4, -0.2) is 24.5 Å². The molecule has 0 aromatic heterocycles. The molecule has 1 aromatic rings. The number of rotatable bonds is 1. The van der Waals surface area contributed by atoms with Crippen molar-refractivity contribution >= 4 is 22.3 Å². The van der Waals surface area contributed by atoms with Gasteiger partial charge in [0.2, 0.25) is 0 Å². The Hall–Kier alpha value is -1.60. The zero-order chi connectivity index (χ0) is 11.2. The van der Waals surface area contributed by atoms with Crippen molar-refractivity contribution in [3.8, 4) is 0 Å². The van der Waals surface area contributed by atoms with Crippen molar-refractivity contribution in [2.45, 2.75) is 4.90 Å². The van der Waals surface area contributed by atoms with Gasteiger partial charge in [-0.05, 0) is 18.2 Å². The first-order valence-electron chi connectivity index (χ1n) is 3.32. The maximum atomic E-state index is 10.5. The Morgan fingerprint density at radius 3 is 2.14 bits per heavy atom. The molecule has 0 amide bonds. The van der Waals surface area contributed by atoms with Gasteiger partial charge in [-0.2, -0.15) is 8.42 Å². The SMILES string of the molecule is Nc1cccc(S(=O)(=O)O)c1.O=CO. The van der Waals surface area contributed by atoms with E-state index in [9.17, 15) is 8.42 Å². The third-order valence-corrected chi connectivity index (χ3v) is 2.01. The molecule has 1 aromatic carbocycles. The summed E-state index contributed by atoms with van der Waals surface area (Å²) in [5.74, 6) is 0. The van der Waals surface area contributed by atoms with Gasteiger partial charge in [0.15, 0.2) is 0 Å². The van der Waals surface area contributed by atoms with Crippen LogP contribution in [0.3, 0.4) is 0 Å². The first kappa shape index (κ1) is 12.4. The number of nitrogen functional groups attached to an aromatic ring is 1. The fourth-order valence-corrected chi connectivity index (χ4v) is 1.21. The molecular formula is C7H9NO5S. The average molecular weight is 219 g/mol. The molecule has 0 saturated carbocycles. The van der Waals surface area contributed by atoms with E-state index in [0.717, 1.165) is 0 Å². The second-order valence-electron chi connectivity index (χ2n) is 2.15. The predicted octanol–water partition coefficient (Wildman–Crippen LogP) is 0.216. The highest BCUT2D eigenvalue weighted by Gasteiger charge is 2.07. The molecule has 14 heavy (non-hydrogen) atoms. The molecular weight excluding hydrogens is 210 g/mol. The monoisotopic (exact) mass is 219 g/mol. The maximum absolute atomic E-state index is 10.5. The van der Waals surface area contributed by atoms with E-state index >= 15 is 0 Å². The largest absolute Gasteiger partial charge is 0.483 e. The topological polar surface area (TPSA) is 118 Å². The standard InChI is InChI=1S/C6H7NO3S.CH2O2/c7-5-2-1-3-6(4-5)11(8,9)10;2-1-3/h1-4H,7H2,(H,8,9,10);1H,(H,2,3). The van der Waals surface area contributed by atoms with E-state index in [4.69, 9.17) is 20.2 Å². The molecule has 0 aliphatic rings. The molecule has 6 nitrogen and oxygen atoms in total. The number of anilines is 1. The first-order chi connectivity index (χ1) is 6.41. The molecule has 4 N–H and O–H groups in total. The summed E-state index contributed by atoms with van der Waals surface area (Å²) in [4.78, 5) is 8.18. The summed E-state index contributed by atoms with van der Waals surface area (Å²) >= 11 is 0. The molecule has 0 unspecified atom stereocenters. The molecule has 0 heterocycles. The number of benzene rings is 1. The van der Waals surface area contributed by atoms with Crippen LogP contribution in [0, 0.1) is 0 Å². The highest BCUT2D eigenvalue weighted by molar-refractivity contribution is 7.85. The zero-order valence-corrected chi connectivity index (χ0v) is 7.81. The Morgan fingerprint density at radius 1 is 1.36 bits per heavy atom. The maximum Gasteiger partial charge on any atom is 0.294 e. The van der Waals surface area contributed by atoms with Crippen molar-refractivity contribution < 1.29 is 22.9 Å². The smallest absolute Gasteiger partial charge is 0.294 e. The van der Waals surface area contributed by atoms with Crippen molar-refractivity contribution in [3.63, 3.8) is 0 Å². The van der Waals surface area contributed by atoms with Crippen LogP contribution in [0.25, 0.3) is 0 Å². The molecule has 0 fully saturated rings. The van der Waals surface area contributed by atoms with E-state index in [2.05, 4.69) is 0 Å². The van der Waals surface area contributed by atoms with Crippen LogP contribution >= 0.6 is 0 Å². The summed E-state index contributed by atoms with van der Waals surface area (Å²) in [5.41, 5.74) is 5.59. The van der Waals surface area contributed by atoms with Gasteiger partial charge in [0, 0.05) is 5.69 Å². The summed E-state index contributed by atoms with van der Waals surface area (Å²) in [6.07, 6.45) is 0. The Labute approximate surface area is 80.7 Å². The van der Waals surface area contributed by atoms with Crippen LogP contribution in [0.15, 0.2) is 29.2 Å². The van der Waals surface area contributed by atoms with Crippen LogP contribution in [0.2, 0.25) is 0 Å². The van der Waals surface area contributed by atoms with Crippen LogP contribution in [-0.2, 0) is 14.9 Å². The van der Waals surface area contributed by atoms with Gasteiger partial charge >= 0.3 is 0 Å². The molecule has 0 atom stereocenters. The molecule has 0 bridgehead atoms. The summed E-state index contributed by atoms with van der Waals surface area (Å²) < 4.78 is 29.5. The summed E-state index contributed by atoms with van der Waals surface area (Å²) in [6.45, 7) is -0.250. The van der Waals surface area contributed by atoms with E-state index < -0.39 is 10.1 Å². The number of carboxylic acid groups (broad SMARTS) is 1. The number of nitrogens with two attached hydrogens (primary N) is 1. The van der Waals surface area contributed by atoms with E-state index in [0.29, 0.717) is 5.69 Å². The third-order valence-electron chi connectivity index (χ3n) is 1.16. The molecule has 0 aliphatic heterocycles. The van der Waals surface area contributed by atoms with Crippen molar-refractivity contribution in [3.05, 3.63) is 24.3 Å². The summed E-state index contributed by atoms with van der Waals surface area (Å²) in [6, 6.07) is 5.45. The fourth-order valence-electron chi connectivity index (χ4n) is 0.675. The zero-order valence-electron chi connectivity index (χ0n) is 6.99. The minimum absolute atomic E-state index is 0.183. The predicted molar refractivity (Wildman–Crippen MR) is 49.4 cm³/mol. The number of hydrogen-bond donors (Lipinski definition) is 3. The van der Waals surface area contributed by atoms with Gasteiger partial charge < -0.3 is 10.8 Å². The lowest BCUT2D eigenvalue weighted by Crippen LogP contribution is -1.98. The Morgan fingerprint density at radius 2 is 1.86 bits per heavy atom. The van der Waals surface area contributed by atoms with E-state index in [1.165, 1.54) is 24.3 Å². The van der Waals surface area contributed by atoms with Gasteiger partial charge in [0.05, 0.1) is 4.90 Å². The molecule has 0 aliphatic carbocycles. The van der Waals surface area contributed by atoms with Crippen LogP contribution < -0.4 is 5.73 Å². The molecule has 0 spiro atoms. The average Bonchev–Trinajstić information content (AvgIpc) is 2.04. The molecule has 7 heteroatoms. The fraction of sp³-hybridized carbons (Fsp3) is 0. The van der Waals surface area contributed by atoms with Gasteiger partial charge in [-0.1, -0.05) is 6.07 Å². The van der Waals surface area contributed by atoms with Gasteiger partial charge in [0.25, 0.3) is 16.6 Å². The van der Waals surface area contributed by atoms with Gasteiger partial charge in [-0.15, -0.1) is 0 Å². The highest BCUT2D eigenvalue weighted by atomic mass is 32.2. The summed E-state index contributed by atoms with van der Waals surface area (Å²) in [7, 11) is -4.11. The van der Waals surface area contributed by atoms with Gasteiger partial charge in [-0.25, -0.2) is 0 Å². The second-order valence-corrected chi connectivity index (χ2v) is 3.57. The lowest BCUT2D eigenvalue weighted by molar-refractivity contribution is -0.122. The molecule has 0 saturated heterocycles. The van der Waals surface area contributed by atoms with Crippen molar-refractivity contribution in [1.82, 2.24) is 0 Å². The molecule has 0 radical (unpaired) electrons. The highest BCUT2D eigenvalue weighted by Crippen LogP contribution is 2.11. The number of carbonyl (C=O) groups is 1. The minimum atomic E-state index is -4.11. The van der Waals surface area contributed by atoms with Crippen LogP contribution in [0.5, 0.6) is 0 Å². The van der Waals surface area contributed by atoms with Crippen molar-refractivity contribution in [2.75, 3.05) is 5.73 Å². The first-order valence-corrected chi connectivity index (χ1v) is 4.76. The Balaban J connectivity index is 0.000000500. The van der Waals surface area contributed by atoms with Crippen LogP contribution in [0.1, 0.15) is 0 Å². The van der Waals surface area contributed by atoms with Crippen molar-refractivity contribution in [1.29, 1.82) is 0 Å². The van der Waals surface area contributed by atoms with Crippen molar-refractivity contribution in [2.24, 2.45) is 0 Å². The molecule has 78 valence electrons. The lowest BCUT2D eigenvalue weighted by Gasteiger charge is -1.96. The lowest BCUT2D eigenvalue weighted by atomic mass is 10.3.